The second-order valence-electron chi connectivity index (χ2n) is 6.20. The molecule has 138 valence electrons. The Balaban J connectivity index is 1.64. The van der Waals surface area contributed by atoms with Gasteiger partial charge in [-0.1, -0.05) is 48.5 Å². The van der Waals surface area contributed by atoms with Crippen molar-refractivity contribution >= 4 is 28.3 Å². The highest BCUT2D eigenvalue weighted by Crippen LogP contribution is 2.20. The molecular weight excluding hydrogens is 340 g/mol. The van der Waals surface area contributed by atoms with Crippen LogP contribution in [-0.4, -0.2) is 32.1 Å². The molecule has 0 atom stereocenters. The molecule has 3 aromatic carbocycles. The van der Waals surface area contributed by atoms with E-state index in [0.29, 0.717) is 30.8 Å². The number of ether oxygens (including phenoxy) is 1. The van der Waals surface area contributed by atoms with Gasteiger partial charge in [0.05, 0.1) is 13.0 Å². The molecule has 0 heterocycles. The van der Waals surface area contributed by atoms with Gasteiger partial charge in [0.2, 0.25) is 5.91 Å². The molecule has 0 saturated carbocycles. The van der Waals surface area contributed by atoms with Gasteiger partial charge in [-0.05, 0) is 34.5 Å². The number of hydrogen-bond acceptors (Lipinski definition) is 3. The third kappa shape index (κ3) is 4.92. The lowest BCUT2D eigenvalue weighted by Crippen LogP contribution is -2.28. The van der Waals surface area contributed by atoms with Crippen molar-refractivity contribution < 1.29 is 14.3 Å². The van der Waals surface area contributed by atoms with Crippen molar-refractivity contribution in [2.24, 2.45) is 0 Å². The average Bonchev–Trinajstić information content (AvgIpc) is 2.69. The van der Waals surface area contributed by atoms with Crippen molar-refractivity contribution in [1.82, 2.24) is 5.32 Å². The first-order chi connectivity index (χ1) is 13.2. The molecule has 5 nitrogen and oxygen atoms in total. The van der Waals surface area contributed by atoms with E-state index in [2.05, 4.69) is 10.6 Å². The van der Waals surface area contributed by atoms with E-state index in [1.54, 1.807) is 19.2 Å². The van der Waals surface area contributed by atoms with E-state index in [1.807, 2.05) is 54.6 Å². The van der Waals surface area contributed by atoms with Crippen molar-refractivity contribution in [3.8, 4) is 0 Å². The van der Waals surface area contributed by atoms with Gasteiger partial charge in [-0.25, -0.2) is 0 Å². The van der Waals surface area contributed by atoms with Crippen LogP contribution in [0.25, 0.3) is 10.8 Å². The Labute approximate surface area is 158 Å². The summed E-state index contributed by atoms with van der Waals surface area (Å²) in [5.74, 6) is -0.212. The zero-order valence-corrected chi connectivity index (χ0v) is 15.2. The lowest BCUT2D eigenvalue weighted by molar-refractivity contribution is -0.120. The van der Waals surface area contributed by atoms with Gasteiger partial charge >= 0.3 is 0 Å². The average molecular weight is 362 g/mol. The first-order valence-corrected chi connectivity index (χ1v) is 8.81. The highest BCUT2D eigenvalue weighted by atomic mass is 16.5. The van der Waals surface area contributed by atoms with E-state index < -0.39 is 0 Å². The molecule has 0 saturated heterocycles. The van der Waals surface area contributed by atoms with Crippen LogP contribution >= 0.6 is 0 Å². The zero-order valence-electron chi connectivity index (χ0n) is 15.2. The van der Waals surface area contributed by atoms with E-state index in [-0.39, 0.29) is 11.8 Å². The minimum absolute atomic E-state index is 0.0559. The normalized spacial score (nSPS) is 10.6. The third-order valence-electron chi connectivity index (χ3n) is 4.24. The lowest BCUT2D eigenvalue weighted by atomic mass is 10.0. The molecule has 0 aromatic heterocycles. The van der Waals surface area contributed by atoms with E-state index in [1.165, 1.54) is 0 Å². The lowest BCUT2D eigenvalue weighted by Gasteiger charge is -2.09. The summed E-state index contributed by atoms with van der Waals surface area (Å²) < 4.78 is 4.90. The molecule has 3 aromatic rings. The Morgan fingerprint density at radius 1 is 0.926 bits per heavy atom. The van der Waals surface area contributed by atoms with E-state index >= 15 is 0 Å². The Morgan fingerprint density at radius 3 is 2.44 bits per heavy atom. The first-order valence-electron chi connectivity index (χ1n) is 8.81. The molecule has 0 aliphatic heterocycles. The molecule has 0 bridgehead atoms. The molecule has 5 heteroatoms. The van der Waals surface area contributed by atoms with Crippen LogP contribution in [0, 0.1) is 0 Å². The number of methoxy groups -OCH3 is 1. The summed E-state index contributed by atoms with van der Waals surface area (Å²) in [5, 5.41) is 7.65. The summed E-state index contributed by atoms with van der Waals surface area (Å²) in [6, 6.07) is 20.8. The standard InChI is InChI=1S/C22H22N2O3/c1-27-14-13-23-21(25)15-16-9-11-18(12-10-16)24-22(26)20-8-4-6-17-5-2-3-7-19(17)20/h2-12H,13-15H2,1H3,(H,23,25)(H,24,26). The number of rotatable bonds is 7. The zero-order chi connectivity index (χ0) is 19.1. The Bertz CT molecular complexity index is 930. The summed E-state index contributed by atoms with van der Waals surface area (Å²) in [4.78, 5) is 24.5. The quantitative estimate of drug-likeness (QED) is 0.633. The maximum Gasteiger partial charge on any atom is 0.256 e. The van der Waals surface area contributed by atoms with Crippen molar-refractivity contribution in [3.63, 3.8) is 0 Å². The fraction of sp³-hybridized carbons (Fsp3) is 0.182. The molecule has 0 spiro atoms. The number of nitrogens with one attached hydrogen (secondary N) is 2. The molecular formula is C22H22N2O3. The second kappa shape index (κ2) is 8.96. The van der Waals surface area contributed by atoms with Gasteiger partial charge in [0.15, 0.2) is 0 Å². The summed E-state index contributed by atoms with van der Waals surface area (Å²) in [5.41, 5.74) is 2.21. The Morgan fingerprint density at radius 2 is 1.67 bits per heavy atom. The topological polar surface area (TPSA) is 67.4 Å². The van der Waals surface area contributed by atoms with Crippen molar-refractivity contribution in [1.29, 1.82) is 0 Å². The molecule has 0 aliphatic carbocycles. The van der Waals surface area contributed by atoms with Crippen molar-refractivity contribution in [3.05, 3.63) is 77.9 Å². The van der Waals surface area contributed by atoms with Crippen LogP contribution in [0.1, 0.15) is 15.9 Å². The van der Waals surface area contributed by atoms with Crippen LogP contribution in [0.4, 0.5) is 5.69 Å². The SMILES string of the molecule is COCCNC(=O)Cc1ccc(NC(=O)c2cccc3ccccc23)cc1. The highest BCUT2D eigenvalue weighted by Gasteiger charge is 2.10. The van der Waals surface area contributed by atoms with Crippen molar-refractivity contribution in [2.45, 2.75) is 6.42 Å². The minimum atomic E-state index is -0.156. The van der Waals surface area contributed by atoms with Crippen LogP contribution in [-0.2, 0) is 16.0 Å². The Kier molecular flexibility index (Phi) is 6.18. The largest absolute Gasteiger partial charge is 0.383 e. The number of hydrogen-bond donors (Lipinski definition) is 2. The summed E-state index contributed by atoms with van der Waals surface area (Å²) in [6.45, 7) is 0.985. The maximum absolute atomic E-state index is 12.7. The molecule has 3 rings (SSSR count). The van der Waals surface area contributed by atoms with Crippen LogP contribution < -0.4 is 10.6 Å². The number of amides is 2. The smallest absolute Gasteiger partial charge is 0.256 e. The number of fused-ring (bicyclic) bond motifs is 1. The predicted molar refractivity (Wildman–Crippen MR) is 107 cm³/mol. The summed E-state index contributed by atoms with van der Waals surface area (Å²) >= 11 is 0. The van der Waals surface area contributed by atoms with Crippen LogP contribution in [0.5, 0.6) is 0 Å². The van der Waals surface area contributed by atoms with E-state index in [9.17, 15) is 9.59 Å². The van der Waals surface area contributed by atoms with Crippen molar-refractivity contribution in [2.75, 3.05) is 25.6 Å². The molecule has 0 aliphatic rings. The molecule has 27 heavy (non-hydrogen) atoms. The monoisotopic (exact) mass is 362 g/mol. The van der Waals surface area contributed by atoms with Gasteiger partial charge in [-0.15, -0.1) is 0 Å². The molecule has 0 fully saturated rings. The van der Waals surface area contributed by atoms with Gasteiger partial charge in [-0.2, -0.15) is 0 Å². The number of benzene rings is 3. The summed E-state index contributed by atoms with van der Waals surface area (Å²) in [6.07, 6.45) is 0.293. The fourth-order valence-corrected chi connectivity index (χ4v) is 2.87. The first kappa shape index (κ1) is 18.6. The molecule has 2 amide bonds. The molecule has 0 radical (unpaired) electrons. The Hall–Kier alpha value is -3.18. The predicted octanol–water partition coefficient (Wildman–Crippen LogP) is 3.40. The van der Waals surface area contributed by atoms with Gasteiger partial charge in [0.1, 0.15) is 0 Å². The summed E-state index contributed by atoms with van der Waals surface area (Å²) in [7, 11) is 1.59. The second-order valence-corrected chi connectivity index (χ2v) is 6.20. The maximum atomic E-state index is 12.7. The molecule has 2 N–H and O–H groups in total. The van der Waals surface area contributed by atoms with Gasteiger partial charge in [0.25, 0.3) is 5.91 Å². The van der Waals surface area contributed by atoms with E-state index in [0.717, 1.165) is 16.3 Å². The number of carbonyl (C=O) groups is 2. The molecule has 0 unspecified atom stereocenters. The van der Waals surface area contributed by atoms with E-state index in [4.69, 9.17) is 4.74 Å². The van der Waals surface area contributed by atoms with Crippen LogP contribution in [0.3, 0.4) is 0 Å². The number of anilines is 1. The van der Waals surface area contributed by atoms with Gasteiger partial charge in [-0.3, -0.25) is 9.59 Å². The highest BCUT2D eigenvalue weighted by molar-refractivity contribution is 6.12. The van der Waals surface area contributed by atoms with Crippen LogP contribution in [0.2, 0.25) is 0 Å². The third-order valence-corrected chi connectivity index (χ3v) is 4.24. The van der Waals surface area contributed by atoms with Gasteiger partial charge in [0, 0.05) is 24.9 Å². The number of carbonyl (C=O) groups excluding carboxylic acids is 2. The van der Waals surface area contributed by atoms with Crippen LogP contribution in [0.15, 0.2) is 66.7 Å². The van der Waals surface area contributed by atoms with Gasteiger partial charge < -0.3 is 15.4 Å². The minimum Gasteiger partial charge on any atom is -0.383 e. The fourth-order valence-electron chi connectivity index (χ4n) is 2.87.